The van der Waals surface area contributed by atoms with Gasteiger partial charge < -0.3 is 19.5 Å². The Labute approximate surface area is 173 Å². The molecule has 0 radical (unpaired) electrons. The zero-order valence-corrected chi connectivity index (χ0v) is 17.5. The van der Waals surface area contributed by atoms with Gasteiger partial charge in [-0.1, -0.05) is 18.9 Å². The zero-order chi connectivity index (χ0) is 19.6. The highest BCUT2D eigenvalue weighted by Crippen LogP contribution is 2.44. The van der Waals surface area contributed by atoms with E-state index in [2.05, 4.69) is 33.4 Å². The summed E-state index contributed by atoms with van der Waals surface area (Å²) in [5.41, 5.74) is 1.71. The van der Waals surface area contributed by atoms with Crippen molar-refractivity contribution in [3.05, 3.63) is 52.0 Å². The third-order valence-corrected chi connectivity index (χ3v) is 6.41. The Kier molecular flexibility index (Phi) is 5.49. The lowest BCUT2D eigenvalue weighted by Crippen LogP contribution is -2.39. The van der Waals surface area contributed by atoms with Gasteiger partial charge in [0.2, 0.25) is 0 Å². The number of fused-ring (bicyclic) bond motifs is 1. The van der Waals surface area contributed by atoms with Gasteiger partial charge in [0.15, 0.2) is 11.5 Å². The summed E-state index contributed by atoms with van der Waals surface area (Å²) in [4.78, 5) is 12.9. The molecule has 0 unspecified atom stereocenters. The Balaban J connectivity index is 1.55. The van der Waals surface area contributed by atoms with Crippen molar-refractivity contribution >= 4 is 21.8 Å². The van der Waals surface area contributed by atoms with Crippen molar-refractivity contribution in [3.63, 3.8) is 0 Å². The van der Waals surface area contributed by atoms with E-state index in [1.807, 2.05) is 18.2 Å². The molecule has 0 atom stereocenters. The first kappa shape index (κ1) is 19.1. The zero-order valence-electron chi connectivity index (χ0n) is 15.9. The van der Waals surface area contributed by atoms with Crippen LogP contribution in [0.2, 0.25) is 0 Å². The summed E-state index contributed by atoms with van der Waals surface area (Å²) in [6, 6.07) is 11.6. The van der Waals surface area contributed by atoms with Crippen LogP contribution in [-0.4, -0.2) is 32.8 Å². The van der Waals surface area contributed by atoms with Crippen LogP contribution in [-0.2, 0) is 5.41 Å². The predicted octanol–water partition coefficient (Wildman–Crippen LogP) is 4.47. The number of amides is 1. The van der Waals surface area contributed by atoms with Crippen molar-refractivity contribution < 1.29 is 19.0 Å². The molecule has 0 saturated heterocycles. The summed E-state index contributed by atoms with van der Waals surface area (Å²) in [6.07, 6.45) is 4.42. The Morgan fingerprint density at radius 2 is 1.86 bits per heavy atom. The Morgan fingerprint density at radius 3 is 2.61 bits per heavy atom. The van der Waals surface area contributed by atoms with Gasteiger partial charge in [0.25, 0.3) is 5.91 Å². The van der Waals surface area contributed by atoms with Crippen LogP contribution in [0.5, 0.6) is 17.2 Å². The predicted molar refractivity (Wildman–Crippen MR) is 111 cm³/mol. The quantitative estimate of drug-likeness (QED) is 0.737. The maximum absolute atomic E-state index is 12.9. The molecule has 0 aromatic heterocycles. The molecule has 0 bridgehead atoms. The van der Waals surface area contributed by atoms with Crippen LogP contribution in [0.3, 0.4) is 0 Å². The van der Waals surface area contributed by atoms with E-state index in [-0.39, 0.29) is 11.3 Å². The summed E-state index contributed by atoms with van der Waals surface area (Å²) in [5.74, 6) is 2.16. The second-order valence-electron chi connectivity index (χ2n) is 7.37. The average molecular weight is 446 g/mol. The molecule has 1 N–H and O–H groups in total. The van der Waals surface area contributed by atoms with Crippen LogP contribution in [0.1, 0.15) is 41.6 Å². The van der Waals surface area contributed by atoms with Crippen molar-refractivity contribution in [2.24, 2.45) is 0 Å². The normalized spacial score (nSPS) is 17.2. The average Bonchev–Trinajstić information content (AvgIpc) is 3.22. The van der Waals surface area contributed by atoms with Crippen molar-refractivity contribution in [1.82, 2.24) is 5.32 Å². The molecule has 2 aromatic carbocycles. The molecular formula is C22H24BrNO4. The minimum absolute atomic E-state index is 0.0726. The number of benzene rings is 2. The van der Waals surface area contributed by atoms with Gasteiger partial charge in [0, 0.05) is 16.4 Å². The van der Waals surface area contributed by atoms with Crippen LogP contribution in [0, 0.1) is 0 Å². The fourth-order valence-corrected chi connectivity index (χ4v) is 4.57. The van der Waals surface area contributed by atoms with Crippen molar-refractivity contribution in [2.75, 3.05) is 26.9 Å². The van der Waals surface area contributed by atoms with E-state index >= 15 is 0 Å². The van der Waals surface area contributed by atoms with Gasteiger partial charge in [-0.05, 0) is 64.7 Å². The SMILES string of the molecule is COc1ccc(Br)c(C(=O)NCC2(c3ccc4c(c3)OCCO4)CCCC2)c1. The lowest BCUT2D eigenvalue weighted by Gasteiger charge is -2.31. The van der Waals surface area contributed by atoms with Crippen molar-refractivity contribution in [3.8, 4) is 17.2 Å². The number of carbonyl (C=O) groups excluding carboxylic acids is 1. The number of halogens is 1. The second kappa shape index (κ2) is 8.03. The standard InChI is InChI=1S/C22H24BrNO4/c1-26-16-5-6-18(23)17(13-16)21(25)24-14-22(8-2-3-9-22)15-4-7-19-20(12-15)28-11-10-27-19/h4-7,12-13H,2-3,8-11,14H2,1H3,(H,24,25). The molecule has 2 aromatic rings. The van der Waals surface area contributed by atoms with Gasteiger partial charge in [-0.25, -0.2) is 0 Å². The van der Waals surface area contributed by atoms with Gasteiger partial charge in [-0.15, -0.1) is 0 Å². The van der Waals surface area contributed by atoms with Crippen LogP contribution in [0.25, 0.3) is 0 Å². The highest BCUT2D eigenvalue weighted by atomic mass is 79.9. The molecule has 1 fully saturated rings. The maximum Gasteiger partial charge on any atom is 0.252 e. The Morgan fingerprint density at radius 1 is 1.11 bits per heavy atom. The van der Waals surface area contributed by atoms with Gasteiger partial charge in [-0.3, -0.25) is 4.79 Å². The van der Waals surface area contributed by atoms with Gasteiger partial charge in [0.05, 0.1) is 12.7 Å². The molecule has 1 aliphatic carbocycles. The summed E-state index contributed by atoms with van der Waals surface area (Å²) in [6.45, 7) is 1.75. The third kappa shape index (κ3) is 3.70. The number of nitrogens with one attached hydrogen (secondary N) is 1. The van der Waals surface area contributed by atoms with E-state index in [0.29, 0.717) is 31.1 Å². The first-order valence-electron chi connectivity index (χ1n) is 9.63. The lowest BCUT2D eigenvalue weighted by molar-refractivity contribution is 0.0942. The lowest BCUT2D eigenvalue weighted by atomic mass is 9.78. The Hall–Kier alpha value is -2.21. The number of hydrogen-bond donors (Lipinski definition) is 1. The number of methoxy groups -OCH3 is 1. The highest BCUT2D eigenvalue weighted by Gasteiger charge is 2.37. The number of rotatable bonds is 5. The first-order chi connectivity index (χ1) is 13.6. The van der Waals surface area contributed by atoms with E-state index in [1.165, 1.54) is 5.56 Å². The first-order valence-corrected chi connectivity index (χ1v) is 10.4. The fraction of sp³-hybridized carbons (Fsp3) is 0.409. The summed E-state index contributed by atoms with van der Waals surface area (Å²) < 4.78 is 17.4. The maximum atomic E-state index is 12.9. The molecule has 6 heteroatoms. The van der Waals surface area contributed by atoms with E-state index in [9.17, 15) is 4.79 Å². The van der Waals surface area contributed by atoms with E-state index in [4.69, 9.17) is 14.2 Å². The topological polar surface area (TPSA) is 56.8 Å². The van der Waals surface area contributed by atoms with Crippen molar-refractivity contribution in [1.29, 1.82) is 0 Å². The summed E-state index contributed by atoms with van der Waals surface area (Å²) >= 11 is 3.47. The molecule has 2 aliphatic rings. The van der Waals surface area contributed by atoms with Crippen LogP contribution >= 0.6 is 15.9 Å². The minimum Gasteiger partial charge on any atom is -0.497 e. The van der Waals surface area contributed by atoms with E-state index < -0.39 is 0 Å². The molecule has 1 heterocycles. The van der Waals surface area contributed by atoms with Gasteiger partial charge in [-0.2, -0.15) is 0 Å². The minimum atomic E-state index is -0.102. The molecule has 4 rings (SSSR count). The fourth-order valence-electron chi connectivity index (χ4n) is 4.14. The highest BCUT2D eigenvalue weighted by molar-refractivity contribution is 9.10. The van der Waals surface area contributed by atoms with E-state index in [1.54, 1.807) is 13.2 Å². The van der Waals surface area contributed by atoms with Gasteiger partial charge >= 0.3 is 0 Å². The molecule has 28 heavy (non-hydrogen) atoms. The molecule has 1 amide bonds. The monoisotopic (exact) mass is 445 g/mol. The third-order valence-electron chi connectivity index (χ3n) is 5.72. The van der Waals surface area contributed by atoms with E-state index in [0.717, 1.165) is 41.7 Å². The second-order valence-corrected chi connectivity index (χ2v) is 8.23. The molecule has 0 spiro atoms. The van der Waals surface area contributed by atoms with Crippen molar-refractivity contribution in [2.45, 2.75) is 31.1 Å². The van der Waals surface area contributed by atoms with Gasteiger partial charge in [0.1, 0.15) is 19.0 Å². The molecule has 148 valence electrons. The molecule has 5 nitrogen and oxygen atoms in total. The number of hydrogen-bond acceptors (Lipinski definition) is 4. The smallest absolute Gasteiger partial charge is 0.252 e. The molecular weight excluding hydrogens is 422 g/mol. The molecule has 1 saturated carbocycles. The van der Waals surface area contributed by atoms with Crippen LogP contribution in [0.4, 0.5) is 0 Å². The number of carbonyl (C=O) groups is 1. The molecule has 1 aliphatic heterocycles. The summed E-state index contributed by atoms with van der Waals surface area (Å²) in [5, 5.41) is 3.16. The van der Waals surface area contributed by atoms with Crippen LogP contribution < -0.4 is 19.5 Å². The van der Waals surface area contributed by atoms with Crippen LogP contribution in [0.15, 0.2) is 40.9 Å². The summed E-state index contributed by atoms with van der Waals surface area (Å²) in [7, 11) is 1.60. The number of ether oxygens (including phenoxy) is 3. The largest absolute Gasteiger partial charge is 0.497 e. The Bertz CT molecular complexity index is 877.